The molecule has 0 saturated heterocycles. The summed E-state index contributed by atoms with van der Waals surface area (Å²) >= 11 is 0. The molecule has 0 fully saturated rings. The maximum Gasteiger partial charge on any atom is 0.244 e. The second kappa shape index (κ2) is 7.91. The van der Waals surface area contributed by atoms with Gasteiger partial charge in [0.2, 0.25) is 15.9 Å². The summed E-state index contributed by atoms with van der Waals surface area (Å²) < 4.78 is 38.8. The van der Waals surface area contributed by atoms with Crippen LogP contribution in [-0.4, -0.2) is 26.6 Å². The largest absolute Gasteiger partial charge is 0.348 e. The summed E-state index contributed by atoms with van der Waals surface area (Å²) in [5.41, 5.74) is 3.91. The number of fused-ring (bicyclic) bond motifs is 1. The first-order valence-corrected chi connectivity index (χ1v) is 11.2. The first-order chi connectivity index (χ1) is 13.2. The summed E-state index contributed by atoms with van der Waals surface area (Å²) in [6.45, 7) is 3.40. The Morgan fingerprint density at radius 1 is 1.07 bits per heavy atom. The predicted molar refractivity (Wildman–Crippen MR) is 108 cm³/mol. The third-order valence-corrected chi connectivity index (χ3v) is 6.39. The number of halogens is 1. The predicted octanol–water partition coefficient (Wildman–Crippen LogP) is 3.35. The summed E-state index contributed by atoms with van der Waals surface area (Å²) in [5.74, 6) is -0.887. The van der Waals surface area contributed by atoms with E-state index in [1.165, 1.54) is 42.3 Å². The lowest BCUT2D eigenvalue weighted by atomic mass is 10.0. The molecule has 28 heavy (non-hydrogen) atoms. The Balaban J connectivity index is 1.78. The Labute approximate surface area is 165 Å². The van der Waals surface area contributed by atoms with E-state index in [1.54, 1.807) is 0 Å². The number of hydrogen-bond donors (Lipinski definition) is 1. The van der Waals surface area contributed by atoms with Crippen molar-refractivity contribution < 1.29 is 17.6 Å². The van der Waals surface area contributed by atoms with Crippen molar-refractivity contribution in [1.29, 1.82) is 0 Å². The van der Waals surface area contributed by atoms with Crippen LogP contribution in [0, 0.1) is 5.82 Å². The summed E-state index contributed by atoms with van der Waals surface area (Å²) in [6.07, 6.45) is 4.32. The number of hydrogen-bond acceptors (Lipinski definition) is 3. The Morgan fingerprint density at radius 2 is 1.71 bits per heavy atom. The molecule has 0 radical (unpaired) electrons. The van der Waals surface area contributed by atoms with Gasteiger partial charge in [0.05, 0.1) is 18.0 Å². The second-order valence-electron chi connectivity index (χ2n) is 7.32. The maximum absolute atomic E-state index is 13.2. The average molecular weight is 405 g/mol. The molecule has 2 atom stereocenters. The molecule has 0 heterocycles. The third-order valence-electron chi connectivity index (χ3n) is 5.15. The number of carbonyl (C=O) groups excluding carboxylic acids is 1. The van der Waals surface area contributed by atoms with Crippen LogP contribution in [0.15, 0.2) is 42.5 Å². The lowest BCUT2D eigenvalue weighted by molar-refractivity contribution is -0.122. The molecule has 0 spiro atoms. The number of nitrogens with one attached hydrogen (secondary N) is 1. The highest BCUT2D eigenvalue weighted by Gasteiger charge is 2.30. The van der Waals surface area contributed by atoms with Gasteiger partial charge < -0.3 is 5.32 Å². The van der Waals surface area contributed by atoms with Gasteiger partial charge in [-0.05, 0) is 74.1 Å². The highest BCUT2D eigenvalue weighted by atomic mass is 32.2. The number of sulfonamides is 1. The van der Waals surface area contributed by atoms with Crippen LogP contribution in [-0.2, 0) is 27.7 Å². The minimum Gasteiger partial charge on any atom is -0.348 e. The van der Waals surface area contributed by atoms with Gasteiger partial charge in [-0.1, -0.05) is 18.2 Å². The molecule has 2 aromatic carbocycles. The molecule has 0 bridgehead atoms. The van der Waals surface area contributed by atoms with Gasteiger partial charge in [-0.25, -0.2) is 12.8 Å². The van der Waals surface area contributed by atoms with Gasteiger partial charge in [0, 0.05) is 0 Å². The Hall–Kier alpha value is -2.41. The molecular weight excluding hydrogens is 379 g/mol. The van der Waals surface area contributed by atoms with Gasteiger partial charge in [-0.3, -0.25) is 9.10 Å². The fourth-order valence-corrected chi connectivity index (χ4v) is 4.85. The SMILES string of the molecule is CC(NC(=O)C(C)N(c1ccc(F)cc1)S(C)(=O)=O)c1ccc2c(c1)CCC2. The van der Waals surface area contributed by atoms with Crippen LogP contribution >= 0.6 is 0 Å². The van der Waals surface area contributed by atoms with Crippen molar-refractivity contribution in [3.63, 3.8) is 0 Å². The minimum absolute atomic E-state index is 0.247. The number of carbonyl (C=O) groups is 1. The molecule has 2 aromatic rings. The fraction of sp³-hybridized carbons (Fsp3) is 0.381. The lowest BCUT2D eigenvalue weighted by Crippen LogP contribution is -2.48. The highest BCUT2D eigenvalue weighted by Crippen LogP contribution is 2.26. The van der Waals surface area contributed by atoms with Crippen molar-refractivity contribution in [3.05, 3.63) is 65.0 Å². The maximum atomic E-state index is 13.2. The number of benzene rings is 2. The highest BCUT2D eigenvalue weighted by molar-refractivity contribution is 7.92. The van der Waals surface area contributed by atoms with Gasteiger partial charge >= 0.3 is 0 Å². The summed E-state index contributed by atoms with van der Waals surface area (Å²) in [6, 6.07) is 10.0. The van der Waals surface area contributed by atoms with Crippen molar-refractivity contribution in [3.8, 4) is 0 Å². The van der Waals surface area contributed by atoms with Gasteiger partial charge in [0.25, 0.3) is 0 Å². The molecule has 1 aliphatic rings. The molecule has 3 rings (SSSR count). The molecule has 7 heteroatoms. The molecule has 0 aliphatic heterocycles. The minimum atomic E-state index is -3.73. The molecule has 1 amide bonds. The van der Waals surface area contributed by atoms with Crippen molar-refractivity contribution in [2.24, 2.45) is 0 Å². The molecule has 1 aliphatic carbocycles. The van der Waals surface area contributed by atoms with Crippen LogP contribution in [0.1, 0.15) is 43.0 Å². The number of nitrogens with zero attached hydrogens (tertiary/aromatic N) is 1. The Bertz CT molecular complexity index is 974. The Kier molecular flexibility index (Phi) is 5.74. The monoisotopic (exact) mass is 404 g/mol. The number of aryl methyl sites for hydroxylation is 2. The zero-order valence-corrected chi connectivity index (χ0v) is 17.1. The number of amides is 1. The Morgan fingerprint density at radius 3 is 2.36 bits per heavy atom. The normalized spacial score (nSPS) is 15.6. The van der Waals surface area contributed by atoms with E-state index in [9.17, 15) is 17.6 Å². The summed E-state index contributed by atoms with van der Waals surface area (Å²) in [5, 5.41) is 2.90. The van der Waals surface area contributed by atoms with Crippen molar-refractivity contribution in [2.45, 2.75) is 45.2 Å². The standard InChI is InChI=1S/C21H25FN2O3S/c1-14(17-8-7-16-5-4-6-18(16)13-17)23-21(25)15(2)24(28(3,26)27)20-11-9-19(22)10-12-20/h7-15H,4-6H2,1-3H3,(H,23,25). The van der Waals surface area contributed by atoms with Crippen LogP contribution < -0.4 is 9.62 Å². The first-order valence-electron chi connectivity index (χ1n) is 9.34. The van der Waals surface area contributed by atoms with E-state index < -0.39 is 27.8 Å². The van der Waals surface area contributed by atoms with Crippen LogP contribution in [0.5, 0.6) is 0 Å². The van der Waals surface area contributed by atoms with Crippen LogP contribution in [0.2, 0.25) is 0 Å². The van der Waals surface area contributed by atoms with Crippen LogP contribution in [0.3, 0.4) is 0 Å². The quantitative estimate of drug-likeness (QED) is 0.803. The molecule has 0 aromatic heterocycles. The molecule has 150 valence electrons. The van der Waals surface area contributed by atoms with Gasteiger partial charge in [0.15, 0.2) is 0 Å². The van der Waals surface area contributed by atoms with E-state index in [0.717, 1.165) is 35.4 Å². The molecule has 5 nitrogen and oxygen atoms in total. The van der Waals surface area contributed by atoms with E-state index in [2.05, 4.69) is 17.4 Å². The van der Waals surface area contributed by atoms with Gasteiger partial charge in [-0.15, -0.1) is 0 Å². The van der Waals surface area contributed by atoms with Crippen LogP contribution in [0.25, 0.3) is 0 Å². The third kappa shape index (κ3) is 4.35. The fourth-order valence-electron chi connectivity index (χ4n) is 3.68. The molecule has 1 N–H and O–H groups in total. The van der Waals surface area contributed by atoms with E-state index in [4.69, 9.17) is 0 Å². The van der Waals surface area contributed by atoms with E-state index in [0.29, 0.717) is 0 Å². The smallest absolute Gasteiger partial charge is 0.244 e. The number of anilines is 1. The summed E-state index contributed by atoms with van der Waals surface area (Å²) in [4.78, 5) is 12.8. The van der Waals surface area contributed by atoms with Crippen molar-refractivity contribution in [1.82, 2.24) is 5.32 Å². The van der Waals surface area contributed by atoms with Gasteiger partial charge in [0.1, 0.15) is 11.9 Å². The zero-order chi connectivity index (χ0) is 20.5. The van der Waals surface area contributed by atoms with Crippen molar-refractivity contribution in [2.75, 3.05) is 10.6 Å². The van der Waals surface area contributed by atoms with E-state index >= 15 is 0 Å². The lowest BCUT2D eigenvalue weighted by Gasteiger charge is -2.29. The summed E-state index contributed by atoms with van der Waals surface area (Å²) in [7, 11) is -3.73. The zero-order valence-electron chi connectivity index (χ0n) is 16.3. The van der Waals surface area contributed by atoms with E-state index in [-0.39, 0.29) is 11.7 Å². The first kappa shape index (κ1) is 20.3. The molecular formula is C21H25FN2O3S. The second-order valence-corrected chi connectivity index (χ2v) is 9.18. The van der Waals surface area contributed by atoms with E-state index in [1.807, 2.05) is 13.0 Å². The molecule has 0 saturated carbocycles. The van der Waals surface area contributed by atoms with Crippen LogP contribution in [0.4, 0.5) is 10.1 Å². The topological polar surface area (TPSA) is 66.5 Å². The van der Waals surface area contributed by atoms with Gasteiger partial charge in [-0.2, -0.15) is 0 Å². The molecule has 2 unspecified atom stereocenters. The van der Waals surface area contributed by atoms with Crippen molar-refractivity contribution >= 4 is 21.6 Å². The number of rotatable bonds is 6. The average Bonchev–Trinajstić information content (AvgIpc) is 3.10.